The van der Waals surface area contributed by atoms with Gasteiger partial charge in [-0.1, -0.05) is 0 Å². The van der Waals surface area contributed by atoms with Crippen LogP contribution in [0.4, 0.5) is 0 Å². The molecule has 0 atom stereocenters. The van der Waals surface area contributed by atoms with Crippen LogP contribution in [0.1, 0.15) is 4.88 Å². The van der Waals surface area contributed by atoms with Crippen molar-refractivity contribution in [3.8, 4) is 0 Å². The van der Waals surface area contributed by atoms with Crippen LogP contribution < -0.4 is 11.0 Å². The van der Waals surface area contributed by atoms with Crippen molar-refractivity contribution < 1.29 is 0 Å². The lowest BCUT2D eigenvalue weighted by molar-refractivity contribution is 0.538. The lowest BCUT2D eigenvalue weighted by Crippen LogP contribution is -2.28. The Bertz CT molecular complexity index is 544. The third-order valence-electron chi connectivity index (χ3n) is 2.31. The number of aromatic nitrogens is 3. The van der Waals surface area contributed by atoms with E-state index in [0.29, 0.717) is 6.54 Å². The Kier molecular flexibility index (Phi) is 4.14. The molecule has 0 aliphatic heterocycles. The molecule has 5 nitrogen and oxygen atoms in total. The van der Waals surface area contributed by atoms with Gasteiger partial charge in [0.25, 0.3) is 0 Å². The van der Waals surface area contributed by atoms with Crippen LogP contribution in [-0.2, 0) is 20.1 Å². The summed E-state index contributed by atoms with van der Waals surface area (Å²) < 4.78 is 4.04. The fraction of sp³-hybridized carbons (Fsp3) is 0.400. The molecule has 7 heteroatoms. The van der Waals surface area contributed by atoms with E-state index >= 15 is 0 Å². The molecule has 1 N–H and O–H groups in total. The van der Waals surface area contributed by atoms with Gasteiger partial charge < -0.3 is 5.32 Å². The van der Waals surface area contributed by atoms with Crippen LogP contribution in [0.5, 0.6) is 0 Å². The summed E-state index contributed by atoms with van der Waals surface area (Å²) in [4.78, 5) is 12.7. The van der Waals surface area contributed by atoms with Crippen molar-refractivity contribution >= 4 is 27.3 Å². The molecule has 0 saturated carbocycles. The van der Waals surface area contributed by atoms with E-state index in [0.717, 1.165) is 17.6 Å². The number of hydrogen-bond acceptors (Lipinski definition) is 4. The summed E-state index contributed by atoms with van der Waals surface area (Å²) in [7, 11) is 1.70. The second-order valence-electron chi connectivity index (χ2n) is 3.66. The van der Waals surface area contributed by atoms with Gasteiger partial charge in [0.15, 0.2) is 0 Å². The van der Waals surface area contributed by atoms with E-state index in [2.05, 4.69) is 37.8 Å². The van der Waals surface area contributed by atoms with Crippen LogP contribution in [0.3, 0.4) is 0 Å². The summed E-state index contributed by atoms with van der Waals surface area (Å²) in [5, 5.41) is 9.32. The minimum Gasteiger partial charge on any atom is -0.310 e. The second-order valence-corrected chi connectivity index (χ2v) is 5.57. The molecule has 0 radical (unpaired) electrons. The maximum Gasteiger partial charge on any atom is 0.345 e. The van der Waals surface area contributed by atoms with Crippen LogP contribution >= 0.6 is 27.3 Å². The number of thiophene rings is 1. The number of nitrogens with zero attached hydrogens (tertiary/aromatic N) is 3. The maximum atomic E-state index is 11.5. The summed E-state index contributed by atoms with van der Waals surface area (Å²) in [6.07, 6.45) is 1.53. The van der Waals surface area contributed by atoms with Crippen molar-refractivity contribution in [2.24, 2.45) is 7.05 Å². The molecule has 0 saturated heterocycles. The average Bonchev–Trinajstić information content (AvgIpc) is 2.84. The highest BCUT2D eigenvalue weighted by molar-refractivity contribution is 9.10. The van der Waals surface area contributed by atoms with E-state index in [1.807, 2.05) is 0 Å². The van der Waals surface area contributed by atoms with Gasteiger partial charge in [-0.2, -0.15) is 5.10 Å². The number of aryl methyl sites for hydroxylation is 1. The van der Waals surface area contributed by atoms with E-state index in [9.17, 15) is 4.79 Å². The van der Waals surface area contributed by atoms with Gasteiger partial charge in [-0.25, -0.2) is 9.48 Å². The molecule has 0 amide bonds. The largest absolute Gasteiger partial charge is 0.345 e. The molecular formula is C10H13BrN4OS. The maximum absolute atomic E-state index is 11.5. The first-order valence-electron chi connectivity index (χ1n) is 5.19. The molecule has 0 aliphatic rings. The minimum absolute atomic E-state index is 0.0781. The summed E-state index contributed by atoms with van der Waals surface area (Å²) >= 11 is 5.12. The predicted octanol–water partition coefficient (Wildman–Crippen LogP) is 1.20. The molecule has 2 aromatic rings. The first-order chi connectivity index (χ1) is 8.16. The number of hydrogen-bond donors (Lipinski definition) is 1. The highest BCUT2D eigenvalue weighted by Crippen LogP contribution is 2.19. The molecule has 2 aromatic heterocycles. The Hall–Kier alpha value is -0.920. The Morgan fingerprint density at radius 1 is 1.59 bits per heavy atom. The Morgan fingerprint density at radius 2 is 2.41 bits per heavy atom. The smallest absolute Gasteiger partial charge is 0.310 e. The van der Waals surface area contributed by atoms with E-state index in [1.165, 1.54) is 20.5 Å². The van der Waals surface area contributed by atoms with Gasteiger partial charge >= 0.3 is 5.69 Å². The van der Waals surface area contributed by atoms with Gasteiger partial charge in [-0.3, -0.25) is 4.57 Å². The topological polar surface area (TPSA) is 51.9 Å². The quantitative estimate of drug-likeness (QED) is 0.843. The van der Waals surface area contributed by atoms with Crippen LogP contribution in [-0.4, -0.2) is 20.9 Å². The monoisotopic (exact) mass is 316 g/mol. The molecular weight excluding hydrogens is 304 g/mol. The molecule has 0 bridgehead atoms. The highest BCUT2D eigenvalue weighted by atomic mass is 79.9. The first kappa shape index (κ1) is 12.5. The Balaban J connectivity index is 1.77. The summed E-state index contributed by atoms with van der Waals surface area (Å²) in [5.74, 6) is 0. The zero-order chi connectivity index (χ0) is 12.3. The SMILES string of the molecule is Cn1cnn(CCNCc2cc(Br)cs2)c1=O. The van der Waals surface area contributed by atoms with E-state index in [-0.39, 0.29) is 5.69 Å². The second kappa shape index (κ2) is 5.61. The van der Waals surface area contributed by atoms with Crippen molar-refractivity contribution in [3.05, 3.63) is 37.6 Å². The number of halogens is 1. The average molecular weight is 317 g/mol. The molecule has 0 unspecified atom stereocenters. The molecule has 0 aromatic carbocycles. The molecule has 2 heterocycles. The molecule has 0 aliphatic carbocycles. The van der Waals surface area contributed by atoms with Gasteiger partial charge in [0, 0.05) is 34.9 Å². The van der Waals surface area contributed by atoms with Gasteiger partial charge in [-0.15, -0.1) is 11.3 Å². The van der Waals surface area contributed by atoms with E-state index in [4.69, 9.17) is 0 Å². The van der Waals surface area contributed by atoms with Crippen LogP contribution in [0.15, 0.2) is 27.0 Å². The molecule has 0 spiro atoms. The summed E-state index contributed by atoms with van der Waals surface area (Å²) in [6.45, 7) is 2.14. The normalized spacial score (nSPS) is 10.9. The van der Waals surface area contributed by atoms with Gasteiger partial charge in [0.1, 0.15) is 6.33 Å². The third kappa shape index (κ3) is 3.27. The van der Waals surface area contributed by atoms with Crippen molar-refractivity contribution in [2.75, 3.05) is 6.54 Å². The Labute approximate surface area is 111 Å². The first-order valence-corrected chi connectivity index (χ1v) is 6.86. The lowest BCUT2D eigenvalue weighted by Gasteiger charge is -2.02. The highest BCUT2D eigenvalue weighted by Gasteiger charge is 2.01. The number of rotatable bonds is 5. The molecule has 0 fully saturated rings. The van der Waals surface area contributed by atoms with Crippen molar-refractivity contribution in [2.45, 2.75) is 13.1 Å². The van der Waals surface area contributed by atoms with Crippen molar-refractivity contribution in [1.29, 1.82) is 0 Å². The predicted molar refractivity (Wildman–Crippen MR) is 71.2 cm³/mol. The summed E-state index contributed by atoms with van der Waals surface area (Å²) in [6, 6.07) is 2.09. The number of nitrogens with one attached hydrogen (secondary N) is 1. The van der Waals surface area contributed by atoms with Crippen LogP contribution in [0.2, 0.25) is 0 Å². The van der Waals surface area contributed by atoms with Crippen molar-refractivity contribution in [1.82, 2.24) is 19.7 Å². The standard InChI is InChI=1S/C10H13BrN4OS/c1-14-7-13-15(10(14)16)3-2-12-5-9-4-8(11)6-17-9/h4,6-7,12H,2-3,5H2,1H3. The molecule has 2 rings (SSSR count). The third-order valence-corrected chi connectivity index (χ3v) is 4.01. The molecule has 92 valence electrons. The molecule has 17 heavy (non-hydrogen) atoms. The van der Waals surface area contributed by atoms with Crippen LogP contribution in [0, 0.1) is 0 Å². The zero-order valence-corrected chi connectivity index (χ0v) is 11.8. The van der Waals surface area contributed by atoms with Gasteiger partial charge in [0.05, 0.1) is 6.54 Å². The summed E-state index contributed by atoms with van der Waals surface area (Å²) in [5.41, 5.74) is -0.0781. The lowest BCUT2D eigenvalue weighted by atomic mass is 10.4. The van der Waals surface area contributed by atoms with E-state index in [1.54, 1.807) is 18.4 Å². The van der Waals surface area contributed by atoms with E-state index < -0.39 is 0 Å². The Morgan fingerprint density at radius 3 is 3.00 bits per heavy atom. The fourth-order valence-electron chi connectivity index (χ4n) is 1.42. The fourth-order valence-corrected chi connectivity index (χ4v) is 2.84. The minimum atomic E-state index is -0.0781. The zero-order valence-electron chi connectivity index (χ0n) is 9.39. The van der Waals surface area contributed by atoms with Gasteiger partial charge in [0.2, 0.25) is 0 Å². The van der Waals surface area contributed by atoms with Crippen LogP contribution in [0.25, 0.3) is 0 Å². The van der Waals surface area contributed by atoms with Gasteiger partial charge in [-0.05, 0) is 22.0 Å². The van der Waals surface area contributed by atoms with Crippen molar-refractivity contribution in [3.63, 3.8) is 0 Å².